The number of carbonyl (C=O) groups excluding carboxylic acids is 3. The van der Waals surface area contributed by atoms with E-state index in [1.54, 1.807) is 13.2 Å². The summed E-state index contributed by atoms with van der Waals surface area (Å²) in [6.45, 7) is 4.94. The summed E-state index contributed by atoms with van der Waals surface area (Å²) >= 11 is 7.34. The van der Waals surface area contributed by atoms with Crippen LogP contribution in [-0.4, -0.2) is 53.4 Å². The topological polar surface area (TPSA) is 89.9 Å². The number of aliphatic hydroxyl groups excluding tert-OH is 1. The number of hydrogen-bond donors (Lipinski definition) is 1. The first-order valence-corrected chi connectivity index (χ1v) is 11.1. The van der Waals surface area contributed by atoms with Gasteiger partial charge in [0.2, 0.25) is 0 Å². The molecule has 4 rings (SSSR count). The lowest BCUT2D eigenvalue weighted by atomic mass is 9.48. The van der Waals surface area contributed by atoms with Gasteiger partial charge in [0.25, 0.3) is 0 Å². The number of halogens is 1. The number of fused-ring (bicyclic) bond motifs is 5. The minimum absolute atomic E-state index is 0.0229. The monoisotopic (exact) mass is 448 g/mol. The fraction of sp³-hybridized carbons (Fsp3) is 0.625. The predicted molar refractivity (Wildman–Crippen MR) is 114 cm³/mol. The number of hydrogen-bond acceptors (Lipinski definition) is 6. The minimum Gasteiger partial charge on any atom is -0.458 e. The van der Waals surface area contributed by atoms with E-state index < -0.39 is 33.7 Å². The van der Waals surface area contributed by atoms with Crippen LogP contribution in [0.1, 0.15) is 33.6 Å². The molecule has 6 nitrogen and oxygen atoms in total. The van der Waals surface area contributed by atoms with Crippen LogP contribution < -0.4 is 0 Å². The number of ketones is 2. The first-order valence-electron chi connectivity index (χ1n) is 10.7. The highest BCUT2D eigenvalue weighted by Crippen LogP contribution is 2.68. The smallest absolute Gasteiger partial charge is 0.303 e. The van der Waals surface area contributed by atoms with Gasteiger partial charge in [-0.2, -0.15) is 0 Å². The lowest BCUT2D eigenvalue weighted by Crippen LogP contribution is -2.65. The van der Waals surface area contributed by atoms with E-state index in [9.17, 15) is 19.5 Å². The van der Waals surface area contributed by atoms with Crippen molar-refractivity contribution in [1.29, 1.82) is 0 Å². The Hall–Kier alpha value is -1.76. The van der Waals surface area contributed by atoms with Crippen LogP contribution in [0.5, 0.6) is 0 Å². The normalized spacial score (nSPS) is 45.4. The van der Waals surface area contributed by atoms with Crippen LogP contribution >= 0.6 is 11.6 Å². The van der Waals surface area contributed by atoms with Crippen molar-refractivity contribution in [2.75, 3.05) is 13.7 Å². The molecule has 0 bridgehead atoms. The van der Waals surface area contributed by atoms with Crippen molar-refractivity contribution < 1.29 is 29.0 Å². The van der Waals surface area contributed by atoms with E-state index in [1.807, 2.05) is 32.1 Å². The molecule has 0 aliphatic heterocycles. The fourth-order valence-corrected chi connectivity index (χ4v) is 7.21. The maximum Gasteiger partial charge on any atom is 0.303 e. The van der Waals surface area contributed by atoms with Crippen molar-refractivity contribution in [3.05, 3.63) is 36.0 Å². The Kier molecular flexibility index (Phi) is 5.35. The Balaban J connectivity index is 1.77. The van der Waals surface area contributed by atoms with Gasteiger partial charge in [-0.3, -0.25) is 14.4 Å². The Morgan fingerprint density at radius 2 is 2.00 bits per heavy atom. The summed E-state index contributed by atoms with van der Waals surface area (Å²) < 4.78 is 10.7. The van der Waals surface area contributed by atoms with E-state index in [4.69, 9.17) is 21.1 Å². The van der Waals surface area contributed by atoms with Crippen molar-refractivity contribution >= 4 is 29.1 Å². The average molecular weight is 449 g/mol. The SMILES string of the molecule is COC1C[C@H]2[C@@H]3C=CC4=CC(=O)C=C[C@]4(C)[C@@]3(Cl)C(O)C[C@]2(C)[C@H]1C(=O)COC(C)=O. The van der Waals surface area contributed by atoms with Gasteiger partial charge >= 0.3 is 5.97 Å². The van der Waals surface area contributed by atoms with Gasteiger partial charge in [-0.25, -0.2) is 0 Å². The number of rotatable bonds is 4. The van der Waals surface area contributed by atoms with Crippen LogP contribution in [0.3, 0.4) is 0 Å². The third-order valence-corrected chi connectivity index (χ3v) is 9.17. The van der Waals surface area contributed by atoms with Gasteiger partial charge in [-0.1, -0.05) is 32.1 Å². The number of carbonyl (C=O) groups is 3. The summed E-state index contributed by atoms with van der Waals surface area (Å²) in [5, 5.41) is 11.5. The molecule has 8 atom stereocenters. The third-order valence-electron chi connectivity index (χ3n) is 8.28. The standard InChI is InChI=1S/C24H29ClO6/c1-13(26)31-12-18(28)21-19(30-4)10-17-16-6-5-14-9-15(27)7-8-23(14,3)24(16,25)20(29)11-22(17,21)2/h5-9,16-17,19-21,29H,10-12H2,1-4H3/t16-,17-,19?,20?,21-,22-,23-,24-/m0/s1. The van der Waals surface area contributed by atoms with E-state index in [-0.39, 0.29) is 36.1 Å². The first-order chi connectivity index (χ1) is 14.5. The van der Waals surface area contributed by atoms with Crippen LogP contribution in [-0.2, 0) is 23.9 Å². The Labute approximate surface area is 187 Å². The minimum atomic E-state index is -1.05. The van der Waals surface area contributed by atoms with Crippen LogP contribution in [0.4, 0.5) is 0 Å². The summed E-state index contributed by atoms with van der Waals surface area (Å²) in [7, 11) is 1.58. The van der Waals surface area contributed by atoms with Crippen molar-refractivity contribution in [2.45, 2.75) is 50.7 Å². The van der Waals surface area contributed by atoms with Gasteiger partial charge in [0.15, 0.2) is 11.6 Å². The molecule has 0 spiro atoms. The van der Waals surface area contributed by atoms with E-state index in [0.717, 1.165) is 5.57 Å². The molecule has 0 radical (unpaired) electrons. The zero-order valence-corrected chi connectivity index (χ0v) is 19.0. The largest absolute Gasteiger partial charge is 0.458 e. The Morgan fingerprint density at radius 1 is 1.29 bits per heavy atom. The number of methoxy groups -OCH3 is 1. The number of alkyl halides is 1. The third kappa shape index (κ3) is 3.02. The molecule has 7 heteroatoms. The van der Waals surface area contributed by atoms with Gasteiger partial charge in [0, 0.05) is 25.4 Å². The van der Waals surface area contributed by atoms with Crippen molar-refractivity contribution in [3.8, 4) is 0 Å². The Bertz CT molecular complexity index is 921. The lowest BCUT2D eigenvalue weighted by molar-refractivity contribution is -0.152. The highest BCUT2D eigenvalue weighted by atomic mass is 35.5. The number of allylic oxidation sites excluding steroid dienone is 6. The molecule has 31 heavy (non-hydrogen) atoms. The summed E-state index contributed by atoms with van der Waals surface area (Å²) in [6, 6.07) is 0. The van der Waals surface area contributed by atoms with Crippen molar-refractivity contribution in [1.82, 2.24) is 0 Å². The molecule has 1 N–H and O–H groups in total. The van der Waals surface area contributed by atoms with Gasteiger partial charge in [-0.15, -0.1) is 11.6 Å². The number of esters is 1. The summed E-state index contributed by atoms with van der Waals surface area (Å²) in [5.41, 5.74) is -0.501. The first kappa shape index (κ1) is 22.4. The molecule has 4 aliphatic carbocycles. The fourth-order valence-electron chi connectivity index (χ4n) is 6.74. The summed E-state index contributed by atoms with van der Waals surface area (Å²) in [6.07, 6.45) is 8.47. The van der Waals surface area contributed by atoms with Crippen LogP contribution in [0.15, 0.2) is 36.0 Å². The van der Waals surface area contributed by atoms with Gasteiger partial charge < -0.3 is 14.6 Å². The molecule has 0 heterocycles. The number of aliphatic hydroxyl groups is 1. The van der Waals surface area contributed by atoms with Gasteiger partial charge in [-0.05, 0) is 41.9 Å². The Morgan fingerprint density at radius 3 is 2.65 bits per heavy atom. The second-order valence-electron chi connectivity index (χ2n) is 9.76. The van der Waals surface area contributed by atoms with Crippen LogP contribution in [0.2, 0.25) is 0 Å². The lowest BCUT2D eigenvalue weighted by Gasteiger charge is -2.61. The molecular formula is C24H29ClO6. The van der Waals surface area contributed by atoms with Gasteiger partial charge in [0.05, 0.1) is 23.0 Å². The van der Waals surface area contributed by atoms with E-state index in [0.29, 0.717) is 12.8 Å². The molecule has 0 saturated heterocycles. The molecule has 4 aliphatic rings. The number of ether oxygens (including phenoxy) is 2. The molecular weight excluding hydrogens is 420 g/mol. The van der Waals surface area contributed by atoms with Gasteiger partial charge in [0.1, 0.15) is 6.61 Å². The zero-order valence-electron chi connectivity index (χ0n) is 18.3. The highest BCUT2D eigenvalue weighted by Gasteiger charge is 2.70. The molecule has 2 fully saturated rings. The molecule has 0 aromatic carbocycles. The summed E-state index contributed by atoms with van der Waals surface area (Å²) in [4.78, 5) is 35.3. The summed E-state index contributed by atoms with van der Waals surface area (Å²) in [5.74, 6) is -1.57. The van der Waals surface area contributed by atoms with E-state index >= 15 is 0 Å². The van der Waals surface area contributed by atoms with E-state index in [2.05, 4.69) is 0 Å². The second kappa shape index (κ2) is 7.39. The van der Waals surface area contributed by atoms with Crippen molar-refractivity contribution in [3.63, 3.8) is 0 Å². The van der Waals surface area contributed by atoms with Crippen LogP contribution in [0.25, 0.3) is 0 Å². The molecule has 0 amide bonds. The molecule has 2 unspecified atom stereocenters. The average Bonchev–Trinajstić information content (AvgIpc) is 3.00. The molecule has 0 aromatic heterocycles. The predicted octanol–water partition coefficient (Wildman–Crippen LogP) is 2.78. The molecule has 2 saturated carbocycles. The zero-order chi connectivity index (χ0) is 22.8. The second-order valence-corrected chi connectivity index (χ2v) is 10.4. The van der Waals surface area contributed by atoms with Crippen molar-refractivity contribution in [2.24, 2.45) is 28.6 Å². The van der Waals surface area contributed by atoms with E-state index in [1.165, 1.54) is 13.0 Å². The molecule has 168 valence electrons. The number of Topliss-reactive ketones (excluding diaryl/α,β-unsaturated/α-hetero) is 1. The maximum atomic E-state index is 13.1. The quantitative estimate of drug-likeness (QED) is 0.525. The molecule has 0 aromatic rings. The maximum absolute atomic E-state index is 13.1. The van der Waals surface area contributed by atoms with Crippen LogP contribution in [0, 0.1) is 28.6 Å². The highest BCUT2D eigenvalue weighted by molar-refractivity contribution is 6.26.